The van der Waals surface area contributed by atoms with Gasteiger partial charge in [0.1, 0.15) is 12.3 Å². The number of carbonyl (C=O) groups excluding carboxylic acids is 1. The first-order chi connectivity index (χ1) is 9.63. The minimum absolute atomic E-state index is 0.0518. The van der Waals surface area contributed by atoms with Gasteiger partial charge in [0.15, 0.2) is 0 Å². The van der Waals surface area contributed by atoms with Crippen molar-refractivity contribution < 1.29 is 9.90 Å². The molecule has 1 aliphatic carbocycles. The van der Waals surface area contributed by atoms with Crippen molar-refractivity contribution in [2.45, 2.75) is 32.7 Å². The van der Waals surface area contributed by atoms with Crippen molar-refractivity contribution in [1.82, 2.24) is 9.88 Å². The Morgan fingerprint density at radius 1 is 1.55 bits per heavy atom. The number of aliphatic hydroxyl groups is 1. The van der Waals surface area contributed by atoms with Crippen LogP contribution in [-0.2, 0) is 0 Å². The Balaban J connectivity index is 2.26. The molecule has 106 valence electrons. The summed E-state index contributed by atoms with van der Waals surface area (Å²) in [6, 6.07) is 3.87. The fourth-order valence-corrected chi connectivity index (χ4v) is 2.12. The van der Waals surface area contributed by atoms with Crippen molar-refractivity contribution in [3.8, 4) is 11.8 Å². The smallest absolute Gasteiger partial charge is 0.274 e. The van der Waals surface area contributed by atoms with E-state index in [0.717, 1.165) is 19.4 Å². The van der Waals surface area contributed by atoms with Crippen molar-refractivity contribution in [2.75, 3.05) is 13.2 Å². The van der Waals surface area contributed by atoms with Gasteiger partial charge in [-0.3, -0.25) is 4.79 Å². The summed E-state index contributed by atoms with van der Waals surface area (Å²) in [6.07, 6.45) is 3.75. The van der Waals surface area contributed by atoms with E-state index in [1.807, 2.05) is 4.90 Å². The molecular weight excluding hydrogens is 252 g/mol. The molecule has 0 atom stereocenters. The third kappa shape index (κ3) is 3.58. The molecule has 0 aliphatic heterocycles. The molecule has 0 aromatic carbocycles. The van der Waals surface area contributed by atoms with Crippen LogP contribution in [0.25, 0.3) is 0 Å². The Kier molecular flexibility index (Phi) is 4.75. The fourth-order valence-electron chi connectivity index (χ4n) is 2.12. The van der Waals surface area contributed by atoms with Crippen molar-refractivity contribution >= 4 is 5.91 Å². The molecule has 1 aliphatic rings. The number of aliphatic hydroxyl groups excluding tert-OH is 1. The molecule has 1 N–H and O–H groups in total. The lowest BCUT2D eigenvalue weighted by Crippen LogP contribution is -2.37. The monoisotopic (exact) mass is 272 g/mol. The van der Waals surface area contributed by atoms with Gasteiger partial charge in [0.2, 0.25) is 0 Å². The van der Waals surface area contributed by atoms with Gasteiger partial charge >= 0.3 is 0 Å². The second-order valence-electron chi connectivity index (χ2n) is 5.44. The van der Waals surface area contributed by atoms with Gasteiger partial charge in [-0.05, 0) is 30.9 Å². The maximum Gasteiger partial charge on any atom is 0.274 e. The zero-order chi connectivity index (χ0) is 14.5. The highest BCUT2D eigenvalue weighted by atomic mass is 16.2. The summed E-state index contributed by atoms with van der Waals surface area (Å²) in [7, 11) is 0. The topological polar surface area (TPSA) is 53.4 Å². The molecule has 1 amide bonds. The quantitative estimate of drug-likeness (QED) is 0.849. The minimum Gasteiger partial charge on any atom is -0.384 e. The number of hydrogen-bond acceptors (Lipinski definition) is 3. The van der Waals surface area contributed by atoms with E-state index < -0.39 is 0 Å². The van der Waals surface area contributed by atoms with E-state index in [-0.39, 0.29) is 12.5 Å². The molecule has 0 spiro atoms. The van der Waals surface area contributed by atoms with E-state index in [0.29, 0.717) is 23.2 Å². The van der Waals surface area contributed by atoms with Crippen LogP contribution in [-0.4, -0.2) is 40.1 Å². The number of rotatable bonds is 4. The minimum atomic E-state index is -0.221. The van der Waals surface area contributed by atoms with Crippen molar-refractivity contribution in [3.63, 3.8) is 0 Å². The van der Waals surface area contributed by atoms with Crippen LogP contribution in [0.3, 0.4) is 0 Å². The highest BCUT2D eigenvalue weighted by Gasteiger charge is 2.34. The van der Waals surface area contributed by atoms with Crippen molar-refractivity contribution in [3.05, 3.63) is 29.6 Å². The van der Waals surface area contributed by atoms with E-state index in [2.05, 4.69) is 30.7 Å². The molecule has 0 bridgehead atoms. The second kappa shape index (κ2) is 6.53. The maximum absolute atomic E-state index is 12.7. The van der Waals surface area contributed by atoms with Gasteiger partial charge in [-0.25, -0.2) is 4.98 Å². The van der Waals surface area contributed by atoms with E-state index in [1.54, 1.807) is 18.3 Å². The molecule has 1 saturated carbocycles. The fraction of sp³-hybridized carbons (Fsp3) is 0.500. The summed E-state index contributed by atoms with van der Waals surface area (Å²) in [5, 5.41) is 8.79. The predicted octanol–water partition coefficient (Wildman–Crippen LogP) is 1.69. The lowest BCUT2D eigenvalue weighted by Gasteiger charge is -2.24. The zero-order valence-corrected chi connectivity index (χ0v) is 12.0. The molecule has 20 heavy (non-hydrogen) atoms. The van der Waals surface area contributed by atoms with E-state index in [1.165, 1.54) is 0 Å². The number of aromatic nitrogens is 1. The van der Waals surface area contributed by atoms with E-state index in [9.17, 15) is 4.79 Å². The summed E-state index contributed by atoms with van der Waals surface area (Å²) in [5.74, 6) is 5.75. The Morgan fingerprint density at radius 2 is 2.30 bits per heavy atom. The molecule has 1 aromatic rings. The average molecular weight is 272 g/mol. The zero-order valence-electron chi connectivity index (χ0n) is 12.0. The second-order valence-corrected chi connectivity index (χ2v) is 5.44. The SMILES string of the molecule is CC(C)CN(C(=O)c1ncccc1C#CCO)C1CC1. The molecule has 4 heteroatoms. The van der Waals surface area contributed by atoms with Crippen LogP contribution in [0.5, 0.6) is 0 Å². The van der Waals surface area contributed by atoms with E-state index in [4.69, 9.17) is 5.11 Å². The number of hydrogen-bond donors (Lipinski definition) is 1. The van der Waals surface area contributed by atoms with Gasteiger partial charge < -0.3 is 10.0 Å². The first-order valence-electron chi connectivity index (χ1n) is 6.99. The molecule has 4 nitrogen and oxygen atoms in total. The van der Waals surface area contributed by atoms with Crippen LogP contribution in [0.4, 0.5) is 0 Å². The highest BCUT2D eigenvalue weighted by molar-refractivity contribution is 5.95. The molecule has 0 unspecified atom stereocenters. The molecule has 0 saturated heterocycles. The lowest BCUT2D eigenvalue weighted by atomic mass is 10.1. The molecule has 1 heterocycles. The first-order valence-corrected chi connectivity index (χ1v) is 6.99. The third-order valence-corrected chi connectivity index (χ3v) is 3.12. The van der Waals surface area contributed by atoms with Crippen LogP contribution in [0.1, 0.15) is 42.7 Å². The Labute approximate surface area is 119 Å². The normalized spacial score (nSPS) is 13.8. The third-order valence-electron chi connectivity index (χ3n) is 3.12. The van der Waals surface area contributed by atoms with Crippen LogP contribution in [0, 0.1) is 17.8 Å². The van der Waals surface area contributed by atoms with Gasteiger partial charge in [-0.2, -0.15) is 0 Å². The predicted molar refractivity (Wildman–Crippen MR) is 77.1 cm³/mol. The Bertz CT molecular complexity index is 539. The maximum atomic E-state index is 12.7. The molecule has 2 rings (SSSR count). The number of amides is 1. The van der Waals surface area contributed by atoms with Gasteiger partial charge in [0.25, 0.3) is 5.91 Å². The van der Waals surface area contributed by atoms with Crippen LogP contribution >= 0.6 is 0 Å². The van der Waals surface area contributed by atoms with Gasteiger partial charge in [-0.1, -0.05) is 25.7 Å². The van der Waals surface area contributed by atoms with Gasteiger partial charge in [-0.15, -0.1) is 0 Å². The van der Waals surface area contributed by atoms with Gasteiger partial charge in [0.05, 0.1) is 5.56 Å². The van der Waals surface area contributed by atoms with Crippen LogP contribution < -0.4 is 0 Å². The van der Waals surface area contributed by atoms with E-state index >= 15 is 0 Å². The summed E-state index contributed by atoms with van der Waals surface area (Å²) < 4.78 is 0. The number of nitrogens with zero attached hydrogens (tertiary/aromatic N) is 2. The summed E-state index contributed by atoms with van der Waals surface area (Å²) in [6.45, 7) is 4.73. The van der Waals surface area contributed by atoms with Crippen molar-refractivity contribution in [2.24, 2.45) is 5.92 Å². The number of pyridine rings is 1. The highest BCUT2D eigenvalue weighted by Crippen LogP contribution is 2.29. The molecule has 1 aromatic heterocycles. The number of carbonyl (C=O) groups is 1. The summed E-state index contributed by atoms with van der Waals surface area (Å²) in [4.78, 5) is 18.8. The van der Waals surface area contributed by atoms with Gasteiger partial charge in [0, 0.05) is 18.8 Å². The Morgan fingerprint density at radius 3 is 2.90 bits per heavy atom. The summed E-state index contributed by atoms with van der Waals surface area (Å²) >= 11 is 0. The van der Waals surface area contributed by atoms with Crippen LogP contribution in [0.2, 0.25) is 0 Å². The standard InChI is InChI=1S/C16H20N2O2/c1-12(2)11-18(14-7-8-14)16(20)15-13(6-4-10-19)5-3-9-17-15/h3,5,9,12,14,19H,7-8,10-11H2,1-2H3. The molecular formula is C16H20N2O2. The van der Waals surface area contributed by atoms with Crippen molar-refractivity contribution in [1.29, 1.82) is 0 Å². The summed E-state index contributed by atoms with van der Waals surface area (Å²) in [5.41, 5.74) is 0.974. The van der Waals surface area contributed by atoms with Crippen LogP contribution in [0.15, 0.2) is 18.3 Å². The largest absolute Gasteiger partial charge is 0.384 e. The lowest BCUT2D eigenvalue weighted by molar-refractivity contribution is 0.0716. The Hall–Kier alpha value is -1.86. The molecule has 0 radical (unpaired) electrons. The average Bonchev–Trinajstić information content (AvgIpc) is 3.26. The molecule has 1 fully saturated rings. The first kappa shape index (κ1) is 14.5.